The molecule has 1 saturated carbocycles. The molecule has 3 N–H and O–H groups in total. The van der Waals surface area contributed by atoms with Crippen LogP contribution < -0.4 is 5.73 Å². The summed E-state index contributed by atoms with van der Waals surface area (Å²) < 4.78 is 0. The van der Waals surface area contributed by atoms with Crippen LogP contribution in [0.15, 0.2) is 24.3 Å². The maximum atomic E-state index is 9.49. The third-order valence-corrected chi connectivity index (χ3v) is 3.80. The molecule has 88 valence electrons. The van der Waals surface area contributed by atoms with Crippen LogP contribution >= 0.6 is 0 Å². The molecule has 0 amide bonds. The van der Waals surface area contributed by atoms with Gasteiger partial charge < -0.3 is 10.8 Å². The van der Waals surface area contributed by atoms with Gasteiger partial charge in [0.1, 0.15) is 0 Å². The number of aryl methyl sites for hydroxylation is 1. The van der Waals surface area contributed by atoms with E-state index >= 15 is 0 Å². The van der Waals surface area contributed by atoms with Crippen molar-refractivity contribution in [3.05, 3.63) is 35.4 Å². The van der Waals surface area contributed by atoms with Gasteiger partial charge >= 0.3 is 0 Å². The van der Waals surface area contributed by atoms with E-state index < -0.39 is 0 Å². The Labute approximate surface area is 97.5 Å². The number of hydrogen-bond donors (Lipinski definition) is 2. The second kappa shape index (κ2) is 4.98. The lowest BCUT2D eigenvalue weighted by molar-refractivity contribution is 0.102. The Morgan fingerprint density at radius 2 is 1.81 bits per heavy atom. The predicted molar refractivity (Wildman–Crippen MR) is 66.1 cm³/mol. The summed E-state index contributed by atoms with van der Waals surface area (Å²) in [5.41, 5.74) is 8.88. The van der Waals surface area contributed by atoms with Crippen LogP contribution in [0.5, 0.6) is 0 Å². The number of benzene rings is 1. The first kappa shape index (κ1) is 11.6. The number of aliphatic hydroxyl groups is 1. The van der Waals surface area contributed by atoms with Crippen LogP contribution in [0.4, 0.5) is 0 Å². The van der Waals surface area contributed by atoms with Crippen molar-refractivity contribution in [2.75, 3.05) is 0 Å². The van der Waals surface area contributed by atoms with E-state index in [1.165, 1.54) is 11.1 Å². The first-order valence-electron chi connectivity index (χ1n) is 6.17. The monoisotopic (exact) mass is 219 g/mol. The SMILES string of the molecule is Cc1ccccc1C(N)C1CCC(O)CC1. The average molecular weight is 219 g/mol. The summed E-state index contributed by atoms with van der Waals surface area (Å²) in [4.78, 5) is 0. The molecule has 0 aliphatic heterocycles. The Morgan fingerprint density at radius 3 is 2.44 bits per heavy atom. The standard InChI is InChI=1S/C14H21NO/c1-10-4-2-3-5-13(10)14(15)11-6-8-12(16)9-7-11/h2-5,11-12,14,16H,6-9,15H2,1H3. The van der Waals surface area contributed by atoms with Crippen molar-refractivity contribution in [2.24, 2.45) is 11.7 Å². The summed E-state index contributed by atoms with van der Waals surface area (Å²) in [6, 6.07) is 8.49. The van der Waals surface area contributed by atoms with Gasteiger partial charge in [-0.3, -0.25) is 0 Å². The zero-order valence-electron chi connectivity index (χ0n) is 9.89. The Morgan fingerprint density at radius 1 is 1.19 bits per heavy atom. The van der Waals surface area contributed by atoms with Crippen LogP contribution in [-0.2, 0) is 0 Å². The quantitative estimate of drug-likeness (QED) is 0.803. The molecule has 2 nitrogen and oxygen atoms in total. The van der Waals surface area contributed by atoms with Crippen molar-refractivity contribution in [1.29, 1.82) is 0 Å². The van der Waals surface area contributed by atoms with E-state index in [1.54, 1.807) is 0 Å². The second-order valence-electron chi connectivity index (χ2n) is 4.95. The minimum absolute atomic E-state index is 0.0969. The normalized spacial score (nSPS) is 27.7. The van der Waals surface area contributed by atoms with Gasteiger partial charge in [0, 0.05) is 6.04 Å². The van der Waals surface area contributed by atoms with Gasteiger partial charge in [0.15, 0.2) is 0 Å². The minimum atomic E-state index is -0.0969. The van der Waals surface area contributed by atoms with E-state index in [-0.39, 0.29) is 12.1 Å². The molecule has 0 radical (unpaired) electrons. The highest BCUT2D eigenvalue weighted by molar-refractivity contribution is 5.29. The highest BCUT2D eigenvalue weighted by Gasteiger charge is 2.25. The molecule has 0 heterocycles. The predicted octanol–water partition coefficient (Wildman–Crippen LogP) is 2.55. The molecule has 0 spiro atoms. The van der Waals surface area contributed by atoms with Gasteiger partial charge in [-0.2, -0.15) is 0 Å². The summed E-state index contributed by atoms with van der Waals surface area (Å²) in [6.07, 6.45) is 3.82. The molecule has 1 unspecified atom stereocenters. The lowest BCUT2D eigenvalue weighted by Gasteiger charge is -2.30. The molecule has 0 saturated heterocycles. The maximum Gasteiger partial charge on any atom is 0.0540 e. The van der Waals surface area contributed by atoms with E-state index in [9.17, 15) is 5.11 Å². The lowest BCUT2D eigenvalue weighted by Crippen LogP contribution is -2.28. The third-order valence-electron chi connectivity index (χ3n) is 3.80. The molecule has 1 aromatic rings. The molecule has 1 fully saturated rings. The number of aliphatic hydroxyl groups excluding tert-OH is 1. The molecule has 1 aliphatic carbocycles. The van der Waals surface area contributed by atoms with Crippen molar-refractivity contribution >= 4 is 0 Å². The van der Waals surface area contributed by atoms with E-state index in [1.807, 2.05) is 0 Å². The van der Waals surface area contributed by atoms with Crippen molar-refractivity contribution < 1.29 is 5.11 Å². The van der Waals surface area contributed by atoms with Gasteiger partial charge in [-0.25, -0.2) is 0 Å². The molecule has 1 aliphatic rings. The van der Waals surface area contributed by atoms with Crippen LogP contribution in [0, 0.1) is 12.8 Å². The number of hydrogen-bond acceptors (Lipinski definition) is 2. The van der Waals surface area contributed by atoms with Gasteiger partial charge in [-0.15, -0.1) is 0 Å². The van der Waals surface area contributed by atoms with Crippen LogP contribution in [0.1, 0.15) is 42.9 Å². The van der Waals surface area contributed by atoms with Crippen molar-refractivity contribution in [3.8, 4) is 0 Å². The Kier molecular flexibility index (Phi) is 3.62. The summed E-state index contributed by atoms with van der Waals surface area (Å²) in [5, 5.41) is 9.49. The topological polar surface area (TPSA) is 46.2 Å². The fourth-order valence-corrected chi connectivity index (χ4v) is 2.68. The first-order valence-corrected chi connectivity index (χ1v) is 6.17. The van der Waals surface area contributed by atoms with E-state index in [2.05, 4.69) is 31.2 Å². The van der Waals surface area contributed by atoms with Crippen LogP contribution in [0.3, 0.4) is 0 Å². The van der Waals surface area contributed by atoms with E-state index in [0.717, 1.165) is 25.7 Å². The smallest absolute Gasteiger partial charge is 0.0540 e. The third kappa shape index (κ3) is 2.45. The molecule has 0 bridgehead atoms. The fourth-order valence-electron chi connectivity index (χ4n) is 2.68. The van der Waals surface area contributed by atoms with Gasteiger partial charge in [0.05, 0.1) is 6.10 Å². The number of nitrogens with two attached hydrogens (primary N) is 1. The van der Waals surface area contributed by atoms with Gasteiger partial charge in [0.2, 0.25) is 0 Å². The fraction of sp³-hybridized carbons (Fsp3) is 0.571. The van der Waals surface area contributed by atoms with Crippen LogP contribution in [0.2, 0.25) is 0 Å². The molecule has 0 aromatic heterocycles. The molecule has 2 heteroatoms. The Hall–Kier alpha value is -0.860. The maximum absolute atomic E-state index is 9.49. The molecule has 1 aromatic carbocycles. The van der Waals surface area contributed by atoms with E-state index in [4.69, 9.17) is 5.73 Å². The van der Waals surface area contributed by atoms with E-state index in [0.29, 0.717) is 5.92 Å². The van der Waals surface area contributed by atoms with Crippen molar-refractivity contribution in [1.82, 2.24) is 0 Å². The molecule has 2 rings (SSSR count). The minimum Gasteiger partial charge on any atom is -0.393 e. The summed E-state index contributed by atoms with van der Waals surface area (Å²) in [6.45, 7) is 2.12. The largest absolute Gasteiger partial charge is 0.393 e. The van der Waals surface area contributed by atoms with Gasteiger partial charge in [-0.1, -0.05) is 24.3 Å². The highest BCUT2D eigenvalue weighted by atomic mass is 16.3. The summed E-state index contributed by atoms with van der Waals surface area (Å²) in [7, 11) is 0. The summed E-state index contributed by atoms with van der Waals surface area (Å²) >= 11 is 0. The zero-order valence-corrected chi connectivity index (χ0v) is 9.89. The number of rotatable bonds is 2. The molecular weight excluding hydrogens is 198 g/mol. The average Bonchev–Trinajstić information content (AvgIpc) is 2.30. The molecular formula is C14H21NO. The zero-order chi connectivity index (χ0) is 11.5. The summed E-state index contributed by atoms with van der Waals surface area (Å²) in [5.74, 6) is 0.532. The van der Waals surface area contributed by atoms with Gasteiger partial charge in [0.25, 0.3) is 0 Å². The highest BCUT2D eigenvalue weighted by Crippen LogP contribution is 2.33. The van der Waals surface area contributed by atoms with Crippen LogP contribution in [0.25, 0.3) is 0 Å². The molecule has 16 heavy (non-hydrogen) atoms. The van der Waals surface area contributed by atoms with Crippen molar-refractivity contribution in [3.63, 3.8) is 0 Å². The molecule has 1 atom stereocenters. The first-order chi connectivity index (χ1) is 7.68. The Bertz CT molecular complexity index is 342. The second-order valence-corrected chi connectivity index (χ2v) is 4.95. The van der Waals surface area contributed by atoms with Gasteiger partial charge in [-0.05, 0) is 49.7 Å². The lowest BCUT2D eigenvalue weighted by atomic mass is 9.79. The van der Waals surface area contributed by atoms with Crippen LogP contribution in [-0.4, -0.2) is 11.2 Å². The van der Waals surface area contributed by atoms with Crippen molar-refractivity contribution in [2.45, 2.75) is 44.8 Å². The Balaban J connectivity index is 2.07.